The average Bonchev–Trinajstić information content (AvgIpc) is 2.98. The van der Waals surface area contributed by atoms with Crippen molar-refractivity contribution in [2.45, 2.75) is 52.2 Å². The fraction of sp³-hybridized carbons (Fsp3) is 0.611. The first-order valence-electron chi connectivity index (χ1n) is 8.42. The largest absolute Gasteiger partial charge is 0.444 e. The van der Waals surface area contributed by atoms with E-state index < -0.39 is 5.60 Å². The topological polar surface area (TPSA) is 53.6 Å². The number of rotatable bonds is 5. The van der Waals surface area contributed by atoms with Gasteiger partial charge in [0.1, 0.15) is 5.60 Å². The average molecular weight is 319 g/mol. The third-order valence-corrected chi connectivity index (χ3v) is 3.70. The summed E-state index contributed by atoms with van der Waals surface area (Å²) in [6.07, 6.45) is 2.19. The molecular weight excluding hydrogens is 290 g/mol. The van der Waals surface area contributed by atoms with Crippen molar-refractivity contribution in [3.63, 3.8) is 0 Å². The monoisotopic (exact) mass is 319 g/mol. The van der Waals surface area contributed by atoms with Gasteiger partial charge in [0.05, 0.1) is 0 Å². The third-order valence-electron chi connectivity index (χ3n) is 3.70. The van der Waals surface area contributed by atoms with Gasteiger partial charge in [0.25, 0.3) is 0 Å². The van der Waals surface area contributed by atoms with E-state index in [4.69, 9.17) is 4.74 Å². The highest BCUT2D eigenvalue weighted by atomic mass is 16.6. The van der Waals surface area contributed by atoms with E-state index in [0.717, 1.165) is 18.8 Å². The van der Waals surface area contributed by atoms with Gasteiger partial charge in [0, 0.05) is 37.1 Å². The number of ether oxygens (including phenoxy) is 1. The molecule has 1 aliphatic heterocycles. The number of nitrogens with one attached hydrogen (secondary N) is 2. The normalized spacial score (nSPS) is 16.1. The van der Waals surface area contributed by atoms with E-state index in [1.807, 2.05) is 27.7 Å². The summed E-state index contributed by atoms with van der Waals surface area (Å²) in [4.78, 5) is 14.1. The highest BCUT2D eigenvalue weighted by Crippen LogP contribution is 2.22. The lowest BCUT2D eigenvalue weighted by molar-refractivity contribution is 0.0526. The molecule has 1 aliphatic rings. The van der Waals surface area contributed by atoms with E-state index in [2.05, 4.69) is 39.8 Å². The first kappa shape index (κ1) is 17.4. The first-order chi connectivity index (χ1) is 10.8. The van der Waals surface area contributed by atoms with E-state index in [9.17, 15) is 4.79 Å². The van der Waals surface area contributed by atoms with Crippen LogP contribution in [-0.4, -0.2) is 37.4 Å². The zero-order valence-corrected chi connectivity index (χ0v) is 14.7. The van der Waals surface area contributed by atoms with Crippen molar-refractivity contribution in [3.8, 4) is 0 Å². The second kappa shape index (κ2) is 7.57. The van der Waals surface area contributed by atoms with Crippen LogP contribution in [0, 0.1) is 0 Å². The molecule has 0 aliphatic carbocycles. The Balaban J connectivity index is 1.76. The molecule has 0 radical (unpaired) electrons. The molecule has 1 saturated heterocycles. The predicted octanol–water partition coefficient (Wildman–Crippen LogP) is 3.61. The van der Waals surface area contributed by atoms with Crippen LogP contribution in [-0.2, 0) is 4.74 Å². The van der Waals surface area contributed by atoms with Gasteiger partial charge in [0.2, 0.25) is 0 Å². The van der Waals surface area contributed by atoms with Gasteiger partial charge >= 0.3 is 6.09 Å². The number of hydrogen-bond donors (Lipinski definition) is 2. The van der Waals surface area contributed by atoms with E-state index in [1.54, 1.807) is 0 Å². The molecule has 1 unspecified atom stereocenters. The Hall–Kier alpha value is -1.91. The van der Waals surface area contributed by atoms with E-state index in [0.29, 0.717) is 6.54 Å². The molecule has 0 spiro atoms. The van der Waals surface area contributed by atoms with Crippen molar-refractivity contribution in [2.75, 3.05) is 29.9 Å². The molecule has 23 heavy (non-hydrogen) atoms. The van der Waals surface area contributed by atoms with Gasteiger partial charge in [-0.1, -0.05) is 0 Å². The van der Waals surface area contributed by atoms with Crippen molar-refractivity contribution in [1.29, 1.82) is 0 Å². The molecular formula is C18H29N3O2. The summed E-state index contributed by atoms with van der Waals surface area (Å²) in [6.45, 7) is 10.4. The van der Waals surface area contributed by atoms with Gasteiger partial charge in [-0.25, -0.2) is 4.79 Å². The van der Waals surface area contributed by atoms with E-state index >= 15 is 0 Å². The maximum Gasteiger partial charge on any atom is 0.407 e. The summed E-state index contributed by atoms with van der Waals surface area (Å²) in [5, 5.41) is 6.17. The minimum Gasteiger partial charge on any atom is -0.444 e. The van der Waals surface area contributed by atoms with Crippen LogP contribution in [0.4, 0.5) is 16.2 Å². The first-order valence-corrected chi connectivity index (χ1v) is 8.42. The Kier molecular flexibility index (Phi) is 5.74. The molecule has 2 rings (SSSR count). The van der Waals surface area contributed by atoms with Crippen molar-refractivity contribution in [2.24, 2.45) is 0 Å². The summed E-state index contributed by atoms with van der Waals surface area (Å²) in [5.41, 5.74) is 1.88. The van der Waals surface area contributed by atoms with Gasteiger partial charge < -0.3 is 20.3 Å². The summed E-state index contributed by atoms with van der Waals surface area (Å²) in [5.74, 6) is 0. The predicted molar refractivity (Wildman–Crippen MR) is 95.2 cm³/mol. The van der Waals surface area contributed by atoms with Gasteiger partial charge in [-0.3, -0.25) is 0 Å². The lowest BCUT2D eigenvalue weighted by Gasteiger charge is -2.22. The van der Waals surface area contributed by atoms with Crippen LogP contribution in [0.1, 0.15) is 40.5 Å². The lowest BCUT2D eigenvalue weighted by atomic mass is 10.2. The van der Waals surface area contributed by atoms with Crippen molar-refractivity contribution >= 4 is 17.5 Å². The highest BCUT2D eigenvalue weighted by molar-refractivity contribution is 5.67. The maximum atomic E-state index is 11.6. The number of alkyl carbamates (subject to hydrolysis) is 1. The van der Waals surface area contributed by atoms with E-state index in [-0.39, 0.29) is 12.1 Å². The number of amides is 1. The Labute approximate surface area is 139 Å². The third kappa shape index (κ3) is 6.00. The molecule has 2 N–H and O–H groups in total. The molecule has 1 aromatic rings. The summed E-state index contributed by atoms with van der Waals surface area (Å²) < 4.78 is 5.23. The van der Waals surface area contributed by atoms with Crippen molar-refractivity contribution < 1.29 is 9.53 Å². The lowest BCUT2D eigenvalue weighted by Crippen LogP contribution is -2.38. The Morgan fingerprint density at radius 1 is 1.22 bits per heavy atom. The van der Waals surface area contributed by atoms with Gasteiger partial charge in [-0.05, 0) is 64.8 Å². The fourth-order valence-corrected chi connectivity index (χ4v) is 2.63. The number of carbonyl (C=O) groups is 1. The summed E-state index contributed by atoms with van der Waals surface area (Å²) >= 11 is 0. The standard InChI is InChI=1S/C18H29N3O2/c1-14(13-19-17(22)23-18(2,3)4)20-15-7-9-16(10-8-15)21-11-5-6-12-21/h7-10,14,20H,5-6,11-13H2,1-4H3,(H,19,22). The zero-order chi connectivity index (χ0) is 16.9. The van der Waals surface area contributed by atoms with Crippen LogP contribution in [0.5, 0.6) is 0 Å². The molecule has 1 atom stereocenters. The van der Waals surface area contributed by atoms with Gasteiger partial charge in [-0.15, -0.1) is 0 Å². The van der Waals surface area contributed by atoms with Crippen LogP contribution in [0.15, 0.2) is 24.3 Å². The number of benzene rings is 1. The second-order valence-electron chi connectivity index (χ2n) is 7.17. The summed E-state index contributed by atoms with van der Waals surface area (Å²) in [7, 11) is 0. The smallest absolute Gasteiger partial charge is 0.407 e. The van der Waals surface area contributed by atoms with Crippen LogP contribution in [0.3, 0.4) is 0 Å². The van der Waals surface area contributed by atoms with Gasteiger partial charge in [0.15, 0.2) is 0 Å². The molecule has 1 amide bonds. The number of nitrogens with zero attached hydrogens (tertiary/aromatic N) is 1. The SMILES string of the molecule is CC(CNC(=O)OC(C)(C)C)Nc1ccc(N2CCCC2)cc1. The maximum absolute atomic E-state index is 11.6. The van der Waals surface area contributed by atoms with E-state index in [1.165, 1.54) is 18.5 Å². The molecule has 5 heteroatoms. The number of hydrogen-bond acceptors (Lipinski definition) is 4. The molecule has 1 fully saturated rings. The summed E-state index contributed by atoms with van der Waals surface area (Å²) in [6, 6.07) is 8.62. The molecule has 1 aromatic carbocycles. The molecule has 0 bridgehead atoms. The zero-order valence-electron chi connectivity index (χ0n) is 14.7. The highest BCUT2D eigenvalue weighted by Gasteiger charge is 2.16. The second-order valence-corrected chi connectivity index (χ2v) is 7.17. The van der Waals surface area contributed by atoms with Crippen LogP contribution in [0.2, 0.25) is 0 Å². The quantitative estimate of drug-likeness (QED) is 0.870. The van der Waals surface area contributed by atoms with Crippen molar-refractivity contribution in [3.05, 3.63) is 24.3 Å². The molecule has 128 valence electrons. The molecule has 1 heterocycles. The van der Waals surface area contributed by atoms with Crippen molar-refractivity contribution in [1.82, 2.24) is 5.32 Å². The number of anilines is 2. The van der Waals surface area contributed by atoms with Crippen LogP contribution >= 0.6 is 0 Å². The number of carbonyl (C=O) groups excluding carboxylic acids is 1. The van der Waals surface area contributed by atoms with Gasteiger partial charge in [-0.2, -0.15) is 0 Å². The van der Waals surface area contributed by atoms with Crippen LogP contribution in [0.25, 0.3) is 0 Å². The Bertz CT molecular complexity index is 502. The molecule has 5 nitrogen and oxygen atoms in total. The molecule has 0 aromatic heterocycles. The fourth-order valence-electron chi connectivity index (χ4n) is 2.63. The minimum absolute atomic E-state index is 0.125. The minimum atomic E-state index is -0.466. The Morgan fingerprint density at radius 3 is 2.39 bits per heavy atom. The Morgan fingerprint density at radius 2 is 1.83 bits per heavy atom. The van der Waals surface area contributed by atoms with Crippen LogP contribution < -0.4 is 15.5 Å². The molecule has 0 saturated carbocycles.